The maximum absolute atomic E-state index is 13.2. The number of rotatable bonds is 6. The highest BCUT2D eigenvalue weighted by atomic mass is 32.2. The number of fused-ring (bicyclic) bond motifs is 3. The van der Waals surface area contributed by atoms with Crippen LogP contribution in [0.3, 0.4) is 0 Å². The van der Waals surface area contributed by atoms with Gasteiger partial charge < -0.3 is 19.4 Å². The lowest BCUT2D eigenvalue weighted by Gasteiger charge is -2.26. The number of thioether (sulfide) groups is 1. The monoisotopic (exact) mass is 437 g/mol. The SMILES string of the molecule is CC1=C(C(=O)Nc2ccccc2)C2C(=C(SCC(=O)OC(C)C)O1)C(=N)n1cccc12. The first-order chi connectivity index (χ1) is 14.9. The van der Waals surface area contributed by atoms with Crippen molar-refractivity contribution in [3.63, 3.8) is 0 Å². The van der Waals surface area contributed by atoms with E-state index in [1.807, 2.05) is 42.5 Å². The van der Waals surface area contributed by atoms with Gasteiger partial charge >= 0.3 is 5.97 Å². The molecule has 1 aromatic carbocycles. The normalized spacial score (nSPS) is 17.4. The summed E-state index contributed by atoms with van der Waals surface area (Å²) in [5.41, 5.74) is 2.54. The number of carbonyl (C=O) groups excluding carboxylic acids is 2. The molecule has 8 heteroatoms. The predicted octanol–water partition coefficient (Wildman–Crippen LogP) is 4.25. The van der Waals surface area contributed by atoms with Gasteiger partial charge in [0.1, 0.15) is 11.6 Å². The van der Waals surface area contributed by atoms with Gasteiger partial charge in [-0.25, -0.2) is 0 Å². The van der Waals surface area contributed by atoms with Gasteiger partial charge in [0.2, 0.25) is 0 Å². The van der Waals surface area contributed by atoms with Crippen LogP contribution in [0.2, 0.25) is 0 Å². The quantitative estimate of drug-likeness (QED) is 0.659. The Labute approximate surface area is 184 Å². The van der Waals surface area contributed by atoms with Crippen LogP contribution in [0.25, 0.3) is 0 Å². The van der Waals surface area contributed by atoms with E-state index in [1.54, 1.807) is 31.5 Å². The second kappa shape index (κ2) is 8.47. The molecule has 0 spiro atoms. The number of ether oxygens (including phenoxy) is 2. The molecule has 160 valence electrons. The third-order valence-electron chi connectivity index (χ3n) is 4.96. The van der Waals surface area contributed by atoms with Gasteiger partial charge in [-0.05, 0) is 45.0 Å². The molecule has 3 heterocycles. The molecule has 2 aliphatic rings. The lowest BCUT2D eigenvalue weighted by atomic mass is 9.87. The van der Waals surface area contributed by atoms with Crippen LogP contribution in [0.15, 0.2) is 70.7 Å². The van der Waals surface area contributed by atoms with Crippen molar-refractivity contribution in [3.8, 4) is 0 Å². The minimum absolute atomic E-state index is 0.0602. The molecule has 0 fully saturated rings. The third-order valence-corrected chi connectivity index (χ3v) is 5.90. The van der Waals surface area contributed by atoms with Crippen LogP contribution in [-0.2, 0) is 19.1 Å². The zero-order chi connectivity index (χ0) is 22.1. The van der Waals surface area contributed by atoms with E-state index in [9.17, 15) is 9.59 Å². The van der Waals surface area contributed by atoms with Gasteiger partial charge in [-0.15, -0.1) is 0 Å². The third kappa shape index (κ3) is 4.03. The van der Waals surface area contributed by atoms with Gasteiger partial charge in [0.25, 0.3) is 5.91 Å². The minimum Gasteiger partial charge on any atom is -0.462 e. The Hall–Kier alpha value is -3.26. The average molecular weight is 438 g/mol. The summed E-state index contributed by atoms with van der Waals surface area (Å²) in [4.78, 5) is 25.3. The minimum atomic E-state index is -0.441. The number of allylic oxidation sites excluding steroid dienone is 2. The first-order valence-corrected chi connectivity index (χ1v) is 10.9. The molecule has 0 bridgehead atoms. The maximum Gasteiger partial charge on any atom is 0.316 e. The van der Waals surface area contributed by atoms with Crippen molar-refractivity contribution >= 4 is 35.2 Å². The van der Waals surface area contributed by atoms with Gasteiger partial charge in [-0.3, -0.25) is 15.0 Å². The summed E-state index contributed by atoms with van der Waals surface area (Å²) >= 11 is 1.19. The summed E-state index contributed by atoms with van der Waals surface area (Å²) in [5, 5.41) is 12.0. The summed E-state index contributed by atoms with van der Waals surface area (Å²) in [6, 6.07) is 13.0. The van der Waals surface area contributed by atoms with Gasteiger partial charge in [-0.2, -0.15) is 0 Å². The van der Waals surface area contributed by atoms with E-state index < -0.39 is 5.92 Å². The van der Waals surface area contributed by atoms with E-state index in [-0.39, 0.29) is 29.6 Å². The van der Waals surface area contributed by atoms with Crippen molar-refractivity contribution in [2.75, 3.05) is 11.1 Å². The zero-order valence-electron chi connectivity index (χ0n) is 17.5. The molecular formula is C23H23N3O4S. The Kier molecular flexibility index (Phi) is 5.73. The Morgan fingerprint density at radius 3 is 2.68 bits per heavy atom. The molecule has 1 unspecified atom stereocenters. The van der Waals surface area contributed by atoms with Crippen LogP contribution in [0.1, 0.15) is 32.4 Å². The van der Waals surface area contributed by atoms with Crippen molar-refractivity contribution in [2.45, 2.75) is 32.8 Å². The second-order valence-corrected chi connectivity index (χ2v) is 8.45. The maximum atomic E-state index is 13.2. The number of benzene rings is 1. The van der Waals surface area contributed by atoms with Gasteiger partial charge in [-0.1, -0.05) is 30.0 Å². The highest BCUT2D eigenvalue weighted by Crippen LogP contribution is 2.48. The lowest BCUT2D eigenvalue weighted by molar-refractivity contribution is -0.144. The summed E-state index contributed by atoms with van der Waals surface area (Å²) in [5.74, 6) is -0.330. The molecule has 2 aromatic rings. The Morgan fingerprint density at radius 2 is 1.97 bits per heavy atom. The molecule has 1 amide bonds. The molecule has 1 aromatic heterocycles. The fourth-order valence-electron chi connectivity index (χ4n) is 3.75. The molecule has 2 N–H and O–H groups in total. The number of para-hydroxylation sites is 1. The zero-order valence-corrected chi connectivity index (χ0v) is 18.3. The molecular weight excluding hydrogens is 414 g/mol. The molecule has 0 aliphatic carbocycles. The van der Waals surface area contributed by atoms with Gasteiger partial charge in [0, 0.05) is 17.6 Å². The van der Waals surface area contributed by atoms with Crippen LogP contribution in [0, 0.1) is 5.41 Å². The average Bonchev–Trinajstić information content (AvgIpc) is 3.30. The van der Waals surface area contributed by atoms with Crippen molar-refractivity contribution in [2.24, 2.45) is 0 Å². The number of carbonyl (C=O) groups is 2. The molecule has 4 rings (SSSR count). The molecule has 31 heavy (non-hydrogen) atoms. The van der Waals surface area contributed by atoms with E-state index in [2.05, 4.69) is 5.32 Å². The number of amides is 1. The second-order valence-electron chi connectivity index (χ2n) is 7.51. The predicted molar refractivity (Wildman–Crippen MR) is 120 cm³/mol. The smallest absolute Gasteiger partial charge is 0.316 e. The number of hydrogen-bond acceptors (Lipinski definition) is 6. The largest absolute Gasteiger partial charge is 0.462 e. The van der Waals surface area contributed by atoms with E-state index in [4.69, 9.17) is 14.9 Å². The fraction of sp³-hybridized carbons (Fsp3) is 0.261. The highest BCUT2D eigenvalue weighted by molar-refractivity contribution is 8.03. The number of hydrogen-bond donors (Lipinski definition) is 2. The molecule has 0 radical (unpaired) electrons. The van der Waals surface area contributed by atoms with E-state index in [0.29, 0.717) is 27.7 Å². The lowest BCUT2D eigenvalue weighted by Crippen LogP contribution is -2.25. The summed E-state index contributed by atoms with van der Waals surface area (Å²) in [7, 11) is 0. The fourth-order valence-corrected chi connectivity index (χ4v) is 4.62. The number of esters is 1. The van der Waals surface area contributed by atoms with Crippen molar-refractivity contribution < 1.29 is 19.1 Å². The van der Waals surface area contributed by atoms with Crippen LogP contribution >= 0.6 is 11.8 Å². The van der Waals surface area contributed by atoms with Crippen molar-refractivity contribution in [1.82, 2.24) is 4.57 Å². The summed E-state index contributed by atoms with van der Waals surface area (Å²) in [6.07, 6.45) is 1.59. The molecule has 7 nitrogen and oxygen atoms in total. The van der Waals surface area contributed by atoms with E-state index in [0.717, 1.165) is 5.69 Å². The van der Waals surface area contributed by atoms with Crippen molar-refractivity contribution in [1.29, 1.82) is 5.41 Å². The topological polar surface area (TPSA) is 93.4 Å². The van der Waals surface area contributed by atoms with Gasteiger partial charge in [0.15, 0.2) is 5.09 Å². The first-order valence-electron chi connectivity index (χ1n) is 9.94. The van der Waals surface area contributed by atoms with Gasteiger partial charge in [0.05, 0.1) is 28.9 Å². The van der Waals surface area contributed by atoms with Crippen LogP contribution in [-0.4, -0.2) is 34.1 Å². The van der Waals surface area contributed by atoms with Crippen LogP contribution in [0.5, 0.6) is 0 Å². The number of nitrogens with zero attached hydrogens (tertiary/aromatic N) is 1. The molecule has 1 atom stereocenters. The highest BCUT2D eigenvalue weighted by Gasteiger charge is 2.44. The summed E-state index contributed by atoms with van der Waals surface area (Å²) in [6.45, 7) is 5.32. The number of anilines is 1. The first kappa shape index (κ1) is 21.0. The molecule has 0 saturated heterocycles. The Balaban J connectivity index is 1.66. The van der Waals surface area contributed by atoms with E-state index in [1.165, 1.54) is 11.8 Å². The van der Waals surface area contributed by atoms with Crippen LogP contribution < -0.4 is 5.32 Å². The molecule has 2 aliphatic heterocycles. The Bertz CT molecular complexity index is 1110. The number of nitrogens with one attached hydrogen (secondary N) is 2. The van der Waals surface area contributed by atoms with Crippen molar-refractivity contribution in [3.05, 3.63) is 76.4 Å². The van der Waals surface area contributed by atoms with Crippen LogP contribution in [0.4, 0.5) is 5.69 Å². The number of aromatic nitrogens is 1. The summed E-state index contributed by atoms with van der Waals surface area (Å²) < 4.78 is 12.9. The van der Waals surface area contributed by atoms with E-state index >= 15 is 0 Å². The standard InChI is InChI=1S/C23H23N3O4S/c1-13(2)29-17(27)12-31-23-20-19(16-10-7-11-26(16)21(20)24)18(14(3)30-23)22(28)25-15-8-5-4-6-9-15/h4-11,13,19,24H,12H2,1-3H3,(H,25,28). The molecule has 0 saturated carbocycles. The Morgan fingerprint density at radius 1 is 1.23 bits per heavy atom.